The van der Waals surface area contributed by atoms with Crippen LogP contribution in [0.25, 0.3) is 5.69 Å². The molecule has 0 aliphatic rings. The minimum atomic E-state index is -0.660. The summed E-state index contributed by atoms with van der Waals surface area (Å²) in [5.74, 6) is -0.434. The Hall–Kier alpha value is -1.15. The van der Waals surface area contributed by atoms with Crippen LogP contribution in [0.1, 0.15) is 0 Å². The highest BCUT2D eigenvalue weighted by molar-refractivity contribution is 14.1. The largest absolute Gasteiger partial charge is 0.334 e. The van der Waals surface area contributed by atoms with Crippen LogP contribution in [-0.2, 0) is 0 Å². The van der Waals surface area contributed by atoms with Crippen molar-refractivity contribution in [2.75, 3.05) is 0 Å². The first-order chi connectivity index (χ1) is 7.99. The van der Waals surface area contributed by atoms with Crippen LogP contribution in [0.2, 0.25) is 5.15 Å². The van der Waals surface area contributed by atoms with Crippen molar-refractivity contribution in [3.05, 3.63) is 59.6 Å². The fourth-order valence-electron chi connectivity index (χ4n) is 1.36. The Morgan fingerprint density at radius 3 is 2.59 bits per heavy atom. The minimum absolute atomic E-state index is 0.0339. The summed E-state index contributed by atoms with van der Waals surface area (Å²) in [6.07, 6.45) is 0. The molecule has 1 aromatic heterocycles. The summed E-state index contributed by atoms with van der Waals surface area (Å²) < 4.78 is 14.3. The van der Waals surface area contributed by atoms with E-state index in [2.05, 4.69) is 4.98 Å². The smallest absolute Gasteiger partial charge is 0.297 e. The fraction of sp³-hybridized carbons (Fsp3) is 0. The van der Waals surface area contributed by atoms with E-state index in [0.29, 0.717) is 9.26 Å². The SMILES string of the molecule is O=c1cc(Cl)[nH]c(=O)n1-c1ccc(F)cc1I. The van der Waals surface area contributed by atoms with Gasteiger partial charge in [-0.1, -0.05) is 11.6 Å². The van der Waals surface area contributed by atoms with Crippen LogP contribution in [0.5, 0.6) is 0 Å². The van der Waals surface area contributed by atoms with E-state index >= 15 is 0 Å². The number of nitrogens with zero attached hydrogens (tertiary/aromatic N) is 1. The maximum atomic E-state index is 12.9. The van der Waals surface area contributed by atoms with Crippen molar-refractivity contribution in [1.82, 2.24) is 9.55 Å². The zero-order valence-electron chi connectivity index (χ0n) is 8.21. The third-order valence-electron chi connectivity index (χ3n) is 2.05. The molecule has 0 aliphatic heterocycles. The molecule has 0 amide bonds. The summed E-state index contributed by atoms with van der Waals surface area (Å²) in [6.45, 7) is 0. The van der Waals surface area contributed by atoms with Crippen molar-refractivity contribution >= 4 is 34.2 Å². The average Bonchev–Trinajstić information content (AvgIpc) is 2.19. The highest BCUT2D eigenvalue weighted by Crippen LogP contribution is 2.15. The van der Waals surface area contributed by atoms with Crippen LogP contribution in [-0.4, -0.2) is 9.55 Å². The number of rotatable bonds is 1. The van der Waals surface area contributed by atoms with Crippen molar-refractivity contribution in [2.45, 2.75) is 0 Å². The minimum Gasteiger partial charge on any atom is -0.297 e. The number of hydrogen-bond donors (Lipinski definition) is 1. The average molecular weight is 367 g/mol. The second-order valence-corrected chi connectivity index (χ2v) is 4.76. The summed E-state index contributed by atoms with van der Waals surface area (Å²) in [4.78, 5) is 25.6. The van der Waals surface area contributed by atoms with Crippen LogP contribution >= 0.6 is 34.2 Å². The molecule has 17 heavy (non-hydrogen) atoms. The Kier molecular flexibility index (Phi) is 3.34. The predicted octanol–water partition coefficient (Wildman–Crippen LogP) is 1.92. The number of halogens is 3. The Morgan fingerprint density at radius 1 is 1.29 bits per heavy atom. The standard InChI is InChI=1S/C10H5ClFIN2O2/c11-8-4-9(16)15(10(17)14-8)7-2-1-5(12)3-6(7)13/h1-4H,(H,14,17). The molecule has 1 aromatic carbocycles. The molecule has 0 spiro atoms. The highest BCUT2D eigenvalue weighted by atomic mass is 127. The molecule has 7 heteroatoms. The van der Waals surface area contributed by atoms with Crippen molar-refractivity contribution in [3.63, 3.8) is 0 Å². The van der Waals surface area contributed by atoms with Gasteiger partial charge in [-0.3, -0.25) is 9.78 Å². The van der Waals surface area contributed by atoms with E-state index in [1.807, 2.05) is 22.6 Å². The van der Waals surface area contributed by atoms with Crippen molar-refractivity contribution in [3.8, 4) is 5.69 Å². The van der Waals surface area contributed by atoms with Crippen molar-refractivity contribution in [2.24, 2.45) is 0 Å². The van der Waals surface area contributed by atoms with E-state index in [9.17, 15) is 14.0 Å². The normalized spacial score (nSPS) is 10.5. The van der Waals surface area contributed by atoms with Gasteiger partial charge in [-0.25, -0.2) is 13.8 Å². The number of benzene rings is 1. The van der Waals surface area contributed by atoms with E-state index in [1.165, 1.54) is 18.2 Å². The summed E-state index contributed by atoms with van der Waals surface area (Å²) in [7, 11) is 0. The van der Waals surface area contributed by atoms with Gasteiger partial charge in [0, 0.05) is 9.64 Å². The second kappa shape index (κ2) is 4.61. The number of nitrogens with one attached hydrogen (secondary N) is 1. The first-order valence-electron chi connectivity index (χ1n) is 4.46. The van der Waals surface area contributed by atoms with E-state index in [0.717, 1.165) is 10.6 Å². The van der Waals surface area contributed by atoms with Gasteiger partial charge in [-0.2, -0.15) is 0 Å². The fourth-order valence-corrected chi connectivity index (χ4v) is 2.25. The number of aromatic nitrogens is 2. The van der Waals surface area contributed by atoms with Gasteiger partial charge < -0.3 is 0 Å². The van der Waals surface area contributed by atoms with E-state index in [4.69, 9.17) is 11.6 Å². The molecule has 0 saturated carbocycles. The lowest BCUT2D eigenvalue weighted by Gasteiger charge is -2.06. The van der Waals surface area contributed by atoms with Gasteiger partial charge in [0.05, 0.1) is 5.69 Å². The summed E-state index contributed by atoms with van der Waals surface area (Å²) >= 11 is 7.39. The van der Waals surface area contributed by atoms with E-state index in [-0.39, 0.29) is 5.15 Å². The summed E-state index contributed by atoms with van der Waals surface area (Å²) in [6, 6.07) is 4.86. The quantitative estimate of drug-likeness (QED) is 0.619. The first kappa shape index (κ1) is 12.3. The summed E-state index contributed by atoms with van der Waals surface area (Å²) in [5.41, 5.74) is -0.912. The maximum Gasteiger partial charge on any atom is 0.334 e. The van der Waals surface area contributed by atoms with Gasteiger partial charge in [-0.05, 0) is 40.8 Å². The molecule has 0 radical (unpaired) electrons. The van der Waals surface area contributed by atoms with Gasteiger partial charge in [0.15, 0.2) is 0 Å². The van der Waals surface area contributed by atoms with E-state index in [1.54, 1.807) is 0 Å². The van der Waals surface area contributed by atoms with Crippen LogP contribution in [0, 0.1) is 9.39 Å². The van der Waals surface area contributed by atoms with Gasteiger partial charge >= 0.3 is 5.69 Å². The van der Waals surface area contributed by atoms with Crippen LogP contribution in [0.15, 0.2) is 33.9 Å². The molecule has 1 heterocycles. The topological polar surface area (TPSA) is 54.9 Å². The van der Waals surface area contributed by atoms with Crippen LogP contribution in [0.4, 0.5) is 4.39 Å². The van der Waals surface area contributed by atoms with Gasteiger partial charge in [0.25, 0.3) is 5.56 Å². The third-order valence-corrected chi connectivity index (χ3v) is 3.12. The van der Waals surface area contributed by atoms with Crippen LogP contribution < -0.4 is 11.2 Å². The van der Waals surface area contributed by atoms with Gasteiger partial charge in [0.1, 0.15) is 11.0 Å². The Bertz CT molecular complexity index is 664. The number of hydrogen-bond acceptors (Lipinski definition) is 2. The number of H-pyrrole nitrogens is 1. The van der Waals surface area contributed by atoms with Crippen LogP contribution in [0.3, 0.4) is 0 Å². The van der Waals surface area contributed by atoms with Crippen molar-refractivity contribution < 1.29 is 4.39 Å². The maximum absolute atomic E-state index is 12.9. The lowest BCUT2D eigenvalue weighted by Crippen LogP contribution is -2.33. The summed E-state index contributed by atoms with van der Waals surface area (Å²) in [5, 5.41) is -0.0339. The second-order valence-electron chi connectivity index (χ2n) is 3.19. The molecule has 2 rings (SSSR count). The molecule has 4 nitrogen and oxygen atoms in total. The molecule has 0 unspecified atom stereocenters. The van der Waals surface area contributed by atoms with Gasteiger partial charge in [0.2, 0.25) is 0 Å². The first-order valence-corrected chi connectivity index (χ1v) is 5.92. The Morgan fingerprint density at radius 2 is 2.00 bits per heavy atom. The lowest BCUT2D eigenvalue weighted by molar-refractivity contribution is 0.626. The molecule has 2 aromatic rings. The molecular formula is C10H5ClFIN2O2. The molecular weight excluding hydrogens is 361 g/mol. The highest BCUT2D eigenvalue weighted by Gasteiger charge is 2.09. The molecule has 1 N–H and O–H groups in total. The van der Waals surface area contributed by atoms with Crippen molar-refractivity contribution in [1.29, 1.82) is 0 Å². The Labute approximate surface area is 113 Å². The zero-order valence-corrected chi connectivity index (χ0v) is 11.1. The lowest BCUT2D eigenvalue weighted by atomic mass is 10.3. The zero-order chi connectivity index (χ0) is 12.6. The molecule has 0 aliphatic carbocycles. The Balaban J connectivity index is 2.78. The molecule has 0 saturated heterocycles. The molecule has 88 valence electrons. The molecule has 0 fully saturated rings. The number of aromatic amines is 1. The monoisotopic (exact) mass is 366 g/mol. The van der Waals surface area contributed by atoms with Gasteiger partial charge in [-0.15, -0.1) is 0 Å². The van der Waals surface area contributed by atoms with E-state index < -0.39 is 17.1 Å². The molecule has 0 atom stereocenters. The molecule has 0 bridgehead atoms. The third kappa shape index (κ3) is 2.42. The predicted molar refractivity (Wildman–Crippen MR) is 70.3 cm³/mol.